The fourth-order valence-corrected chi connectivity index (χ4v) is 2.81. The van der Waals surface area contributed by atoms with E-state index in [9.17, 15) is 4.79 Å². The van der Waals surface area contributed by atoms with Crippen molar-refractivity contribution in [2.75, 3.05) is 19.6 Å². The number of rotatable bonds is 2. The third-order valence-electron chi connectivity index (χ3n) is 4.11. The summed E-state index contributed by atoms with van der Waals surface area (Å²) >= 11 is 0. The molecule has 1 unspecified atom stereocenters. The fraction of sp³-hybridized carbons (Fsp3) is 0.467. The quantitative estimate of drug-likeness (QED) is 0.820. The van der Waals surface area contributed by atoms with Gasteiger partial charge in [0.05, 0.1) is 6.04 Å². The van der Waals surface area contributed by atoms with Crippen molar-refractivity contribution in [3.05, 3.63) is 41.2 Å². The maximum absolute atomic E-state index is 12.6. The van der Waals surface area contributed by atoms with Crippen LogP contribution in [0.2, 0.25) is 0 Å². The lowest BCUT2D eigenvalue weighted by atomic mass is 10.0. The van der Waals surface area contributed by atoms with Gasteiger partial charge in [0.25, 0.3) is 0 Å². The molecule has 0 bridgehead atoms. The summed E-state index contributed by atoms with van der Waals surface area (Å²) in [6.07, 6.45) is 5.77. The van der Waals surface area contributed by atoms with Crippen molar-refractivity contribution in [1.82, 2.24) is 15.2 Å². The Morgan fingerprint density at radius 2 is 2.32 bits per heavy atom. The Morgan fingerprint density at radius 1 is 1.47 bits per heavy atom. The highest BCUT2D eigenvalue weighted by molar-refractivity contribution is 5.94. The number of nitrogens with zero attached hydrogens (tertiary/aromatic N) is 2. The zero-order valence-corrected chi connectivity index (χ0v) is 11.2. The number of aromatic nitrogens is 1. The summed E-state index contributed by atoms with van der Waals surface area (Å²) in [6.45, 7) is 4.54. The van der Waals surface area contributed by atoms with E-state index < -0.39 is 0 Å². The molecule has 2 fully saturated rings. The summed E-state index contributed by atoms with van der Waals surface area (Å²) in [4.78, 5) is 18.8. The average molecular weight is 257 g/mol. The zero-order chi connectivity index (χ0) is 13.2. The first kappa shape index (κ1) is 12.4. The van der Waals surface area contributed by atoms with Crippen molar-refractivity contribution in [3.63, 3.8) is 0 Å². The number of pyridine rings is 1. The van der Waals surface area contributed by atoms with Crippen LogP contribution in [0.25, 0.3) is 0 Å². The Morgan fingerprint density at radius 3 is 2.95 bits per heavy atom. The molecule has 1 aromatic heterocycles. The van der Waals surface area contributed by atoms with Gasteiger partial charge in [0.2, 0.25) is 5.91 Å². The molecular weight excluding hydrogens is 238 g/mol. The molecule has 0 saturated carbocycles. The van der Waals surface area contributed by atoms with Crippen molar-refractivity contribution in [2.45, 2.75) is 25.8 Å². The van der Waals surface area contributed by atoms with E-state index in [1.807, 2.05) is 24.1 Å². The Labute approximate surface area is 113 Å². The van der Waals surface area contributed by atoms with Crippen molar-refractivity contribution < 1.29 is 4.79 Å². The van der Waals surface area contributed by atoms with Gasteiger partial charge >= 0.3 is 0 Å². The van der Waals surface area contributed by atoms with Crippen molar-refractivity contribution in [3.8, 4) is 0 Å². The lowest BCUT2D eigenvalue weighted by molar-refractivity contribution is -0.128. The van der Waals surface area contributed by atoms with E-state index in [1.54, 1.807) is 6.20 Å². The predicted molar refractivity (Wildman–Crippen MR) is 73.5 cm³/mol. The summed E-state index contributed by atoms with van der Waals surface area (Å²) in [5, 5.41) is 3.19. The van der Waals surface area contributed by atoms with Crippen LogP contribution in [0.15, 0.2) is 35.7 Å². The Hall–Kier alpha value is -1.68. The molecule has 1 aromatic rings. The van der Waals surface area contributed by atoms with Gasteiger partial charge in [-0.25, -0.2) is 0 Å². The van der Waals surface area contributed by atoms with Gasteiger partial charge in [0, 0.05) is 37.6 Å². The van der Waals surface area contributed by atoms with Crippen molar-refractivity contribution in [2.24, 2.45) is 0 Å². The Kier molecular flexibility index (Phi) is 3.34. The second-order valence-electron chi connectivity index (χ2n) is 5.28. The molecule has 2 aliphatic heterocycles. The number of carbonyl (C=O) groups is 1. The minimum absolute atomic E-state index is 0.197. The molecular formula is C15H19N3O. The predicted octanol–water partition coefficient (Wildman–Crippen LogP) is 1.66. The summed E-state index contributed by atoms with van der Waals surface area (Å²) in [5.41, 5.74) is 3.33. The highest BCUT2D eigenvalue weighted by Gasteiger charge is 2.31. The van der Waals surface area contributed by atoms with Crippen LogP contribution in [0.4, 0.5) is 0 Å². The first-order valence-corrected chi connectivity index (χ1v) is 6.87. The smallest absolute Gasteiger partial charge is 0.250 e. The maximum atomic E-state index is 12.6. The van der Waals surface area contributed by atoms with Gasteiger partial charge in [-0.05, 0) is 37.0 Å². The molecule has 2 saturated heterocycles. The van der Waals surface area contributed by atoms with Crippen molar-refractivity contribution >= 4 is 5.91 Å². The number of hydrogen-bond donors (Lipinski definition) is 1. The van der Waals surface area contributed by atoms with Crippen LogP contribution in [-0.4, -0.2) is 35.4 Å². The molecule has 19 heavy (non-hydrogen) atoms. The van der Waals surface area contributed by atoms with Crippen LogP contribution in [0.1, 0.15) is 31.4 Å². The van der Waals surface area contributed by atoms with E-state index in [1.165, 1.54) is 5.57 Å². The summed E-state index contributed by atoms with van der Waals surface area (Å²) < 4.78 is 0. The molecule has 0 radical (unpaired) electrons. The topological polar surface area (TPSA) is 45.2 Å². The second kappa shape index (κ2) is 5.13. The molecule has 1 amide bonds. The first-order valence-electron chi connectivity index (χ1n) is 6.87. The molecule has 4 nitrogen and oxygen atoms in total. The summed E-state index contributed by atoms with van der Waals surface area (Å²) in [5.74, 6) is 0.197. The lowest BCUT2D eigenvalue weighted by Crippen LogP contribution is -2.39. The monoisotopic (exact) mass is 257 g/mol. The van der Waals surface area contributed by atoms with Gasteiger partial charge in [-0.3, -0.25) is 9.78 Å². The minimum Gasteiger partial charge on any atom is -0.332 e. The van der Waals surface area contributed by atoms with Crippen molar-refractivity contribution in [1.29, 1.82) is 0 Å². The second-order valence-corrected chi connectivity index (χ2v) is 5.28. The van der Waals surface area contributed by atoms with E-state index in [0.717, 1.165) is 43.6 Å². The molecule has 0 aliphatic carbocycles. The van der Waals surface area contributed by atoms with Gasteiger partial charge in [-0.2, -0.15) is 0 Å². The summed E-state index contributed by atoms with van der Waals surface area (Å²) in [6, 6.07) is 4.21. The molecule has 1 N–H and O–H groups in total. The summed E-state index contributed by atoms with van der Waals surface area (Å²) in [7, 11) is 0. The first-order chi connectivity index (χ1) is 9.27. The van der Waals surface area contributed by atoms with Crippen LogP contribution in [-0.2, 0) is 4.79 Å². The van der Waals surface area contributed by atoms with Gasteiger partial charge in [0.1, 0.15) is 0 Å². The minimum atomic E-state index is 0.197. The zero-order valence-electron chi connectivity index (χ0n) is 11.2. The van der Waals surface area contributed by atoms with Crippen LogP contribution in [0, 0.1) is 0 Å². The molecule has 100 valence electrons. The van der Waals surface area contributed by atoms with E-state index in [2.05, 4.69) is 16.4 Å². The normalized spacial score (nSPS) is 22.3. The highest BCUT2D eigenvalue weighted by atomic mass is 16.2. The molecule has 1 atom stereocenters. The average Bonchev–Trinajstić information content (AvgIpc) is 2.86. The van der Waals surface area contributed by atoms with E-state index in [-0.39, 0.29) is 11.9 Å². The molecule has 3 rings (SSSR count). The van der Waals surface area contributed by atoms with Crippen LogP contribution in [0.5, 0.6) is 0 Å². The number of hydrogen-bond acceptors (Lipinski definition) is 3. The van der Waals surface area contributed by atoms with Gasteiger partial charge in [-0.15, -0.1) is 0 Å². The highest BCUT2D eigenvalue weighted by Crippen LogP contribution is 2.32. The van der Waals surface area contributed by atoms with E-state index >= 15 is 0 Å². The number of nitrogens with one attached hydrogen (secondary N) is 1. The molecule has 2 aliphatic rings. The SMILES string of the molecule is CC(C(=O)N1CCCC1c1cccnc1)=C1CNC1. The van der Waals surface area contributed by atoms with Gasteiger partial charge in [-0.1, -0.05) is 6.07 Å². The molecule has 0 spiro atoms. The number of carbonyl (C=O) groups excluding carboxylic acids is 1. The molecule has 0 aromatic carbocycles. The maximum Gasteiger partial charge on any atom is 0.250 e. The number of amides is 1. The fourth-order valence-electron chi connectivity index (χ4n) is 2.81. The van der Waals surface area contributed by atoms with Gasteiger partial charge < -0.3 is 10.2 Å². The van der Waals surface area contributed by atoms with Crippen LogP contribution >= 0.6 is 0 Å². The molecule has 4 heteroatoms. The Bertz CT molecular complexity index is 503. The van der Waals surface area contributed by atoms with E-state index in [0.29, 0.717) is 0 Å². The standard InChI is InChI=1S/C15H19N3O/c1-11(13-9-17-10-13)15(19)18-7-3-5-14(18)12-4-2-6-16-8-12/h2,4,6,8,14,17H,3,5,7,9-10H2,1H3. The lowest BCUT2D eigenvalue weighted by Gasteiger charge is -2.28. The van der Waals surface area contributed by atoms with E-state index in [4.69, 9.17) is 0 Å². The largest absolute Gasteiger partial charge is 0.332 e. The van der Waals surface area contributed by atoms with Gasteiger partial charge in [0.15, 0.2) is 0 Å². The Balaban J connectivity index is 1.82. The molecule has 3 heterocycles. The van der Waals surface area contributed by atoms with Crippen LogP contribution < -0.4 is 5.32 Å². The third-order valence-corrected chi connectivity index (χ3v) is 4.11. The third kappa shape index (κ3) is 2.28. The van der Waals surface area contributed by atoms with Crippen LogP contribution in [0.3, 0.4) is 0 Å². The number of likely N-dealkylation sites (tertiary alicyclic amines) is 1.